The first-order valence-corrected chi connectivity index (χ1v) is 11.5. The van der Waals surface area contributed by atoms with Crippen LogP contribution in [0.15, 0.2) is 34.9 Å². The summed E-state index contributed by atoms with van der Waals surface area (Å²) in [6.07, 6.45) is 3.77. The van der Waals surface area contributed by atoms with E-state index in [9.17, 15) is 0 Å². The SMILES string of the molecule is Cc1cc(-c2nnc3c4ccccc4c(OCc4nnn(C)c4CN4CCCCC4)nn23)no1. The summed E-state index contributed by atoms with van der Waals surface area (Å²) in [5, 5.41) is 27.9. The Morgan fingerprint density at radius 3 is 2.65 bits per heavy atom. The Hall–Kier alpha value is -3.86. The number of ether oxygens (including phenoxy) is 1. The van der Waals surface area contributed by atoms with Crippen LogP contribution in [0, 0.1) is 6.92 Å². The van der Waals surface area contributed by atoms with Crippen molar-refractivity contribution in [3.8, 4) is 17.4 Å². The van der Waals surface area contributed by atoms with Crippen molar-refractivity contribution in [3.05, 3.63) is 47.5 Å². The molecule has 0 aliphatic carbocycles. The molecule has 0 spiro atoms. The maximum absolute atomic E-state index is 6.26. The molecule has 0 amide bonds. The molecular formula is C23H25N9O2. The van der Waals surface area contributed by atoms with Crippen molar-refractivity contribution in [2.45, 2.75) is 39.3 Å². The minimum atomic E-state index is 0.264. The second kappa shape index (κ2) is 8.49. The molecule has 11 heteroatoms. The van der Waals surface area contributed by atoms with Gasteiger partial charge in [0.15, 0.2) is 11.3 Å². The Kier molecular flexibility index (Phi) is 5.17. The Bertz CT molecular complexity index is 1460. The van der Waals surface area contributed by atoms with Crippen LogP contribution in [0.2, 0.25) is 0 Å². The lowest BCUT2D eigenvalue weighted by Gasteiger charge is -2.26. The fourth-order valence-electron chi connectivity index (χ4n) is 4.48. The first-order chi connectivity index (χ1) is 16.7. The summed E-state index contributed by atoms with van der Waals surface area (Å²) in [5.74, 6) is 1.65. The number of hydrogen-bond donors (Lipinski definition) is 0. The standard InChI is InChI=1S/C23H25N9O2/c1-15-12-18(28-34-15)22-26-25-21-16-8-4-5-9-17(16)23(27-32(21)22)33-14-19-20(30(2)29-24-19)13-31-10-6-3-7-11-31/h4-5,8-9,12H,3,6-7,10-11,13-14H2,1-2H3. The van der Waals surface area contributed by atoms with E-state index in [2.05, 4.69) is 30.6 Å². The van der Waals surface area contributed by atoms with Gasteiger partial charge in [0, 0.05) is 30.4 Å². The molecular weight excluding hydrogens is 434 g/mol. The molecule has 0 bridgehead atoms. The van der Waals surface area contributed by atoms with E-state index in [1.54, 1.807) is 10.6 Å². The van der Waals surface area contributed by atoms with E-state index in [0.717, 1.165) is 41.8 Å². The predicted molar refractivity (Wildman–Crippen MR) is 123 cm³/mol. The molecule has 174 valence electrons. The number of piperidine rings is 1. The van der Waals surface area contributed by atoms with Gasteiger partial charge >= 0.3 is 0 Å². The first kappa shape index (κ1) is 20.7. The minimum Gasteiger partial charge on any atom is -0.470 e. The lowest BCUT2D eigenvalue weighted by Crippen LogP contribution is -2.30. The van der Waals surface area contributed by atoms with Gasteiger partial charge in [-0.25, -0.2) is 0 Å². The topological polar surface area (TPSA) is 112 Å². The largest absolute Gasteiger partial charge is 0.470 e. The molecule has 0 saturated carbocycles. The number of aryl methyl sites for hydroxylation is 2. The number of likely N-dealkylation sites (tertiary alicyclic amines) is 1. The summed E-state index contributed by atoms with van der Waals surface area (Å²) in [5.41, 5.74) is 3.07. The van der Waals surface area contributed by atoms with Crippen molar-refractivity contribution in [3.63, 3.8) is 0 Å². The number of aromatic nitrogens is 8. The summed E-state index contributed by atoms with van der Waals surface area (Å²) >= 11 is 0. The van der Waals surface area contributed by atoms with Crippen LogP contribution in [0.3, 0.4) is 0 Å². The maximum atomic E-state index is 6.26. The van der Waals surface area contributed by atoms with E-state index in [0.29, 0.717) is 28.8 Å². The van der Waals surface area contributed by atoms with Crippen LogP contribution < -0.4 is 4.74 Å². The maximum Gasteiger partial charge on any atom is 0.240 e. The van der Waals surface area contributed by atoms with Gasteiger partial charge < -0.3 is 9.26 Å². The number of rotatable bonds is 6. The molecule has 0 atom stereocenters. The van der Waals surface area contributed by atoms with Crippen molar-refractivity contribution in [1.29, 1.82) is 0 Å². The average Bonchev–Trinajstić information content (AvgIpc) is 3.57. The third kappa shape index (κ3) is 3.67. The average molecular weight is 460 g/mol. The second-order valence-electron chi connectivity index (χ2n) is 8.66. The monoisotopic (exact) mass is 459 g/mol. The lowest BCUT2D eigenvalue weighted by molar-refractivity contribution is 0.213. The molecule has 0 unspecified atom stereocenters. The van der Waals surface area contributed by atoms with E-state index in [1.165, 1.54) is 19.3 Å². The van der Waals surface area contributed by atoms with Gasteiger partial charge in [0.05, 0.1) is 5.69 Å². The van der Waals surface area contributed by atoms with E-state index in [1.807, 2.05) is 42.9 Å². The van der Waals surface area contributed by atoms with E-state index >= 15 is 0 Å². The number of benzene rings is 1. The summed E-state index contributed by atoms with van der Waals surface area (Å²) < 4.78 is 15.0. The molecule has 6 rings (SSSR count). The summed E-state index contributed by atoms with van der Waals surface area (Å²) in [6.45, 7) is 5.12. The Labute approximate surface area is 195 Å². The highest BCUT2D eigenvalue weighted by Crippen LogP contribution is 2.29. The minimum absolute atomic E-state index is 0.264. The van der Waals surface area contributed by atoms with Gasteiger partial charge in [-0.3, -0.25) is 9.58 Å². The van der Waals surface area contributed by atoms with Crippen molar-refractivity contribution in [2.24, 2.45) is 7.05 Å². The van der Waals surface area contributed by atoms with Gasteiger partial charge in [-0.05, 0) is 38.9 Å². The van der Waals surface area contributed by atoms with Crippen molar-refractivity contribution >= 4 is 16.4 Å². The molecule has 11 nitrogen and oxygen atoms in total. The molecule has 1 fully saturated rings. The summed E-state index contributed by atoms with van der Waals surface area (Å²) in [4.78, 5) is 2.45. The van der Waals surface area contributed by atoms with Crippen molar-refractivity contribution in [1.82, 2.24) is 44.9 Å². The third-order valence-electron chi connectivity index (χ3n) is 6.28. The van der Waals surface area contributed by atoms with Crippen LogP contribution in [0.4, 0.5) is 0 Å². The highest BCUT2D eigenvalue weighted by atomic mass is 16.5. The summed E-state index contributed by atoms with van der Waals surface area (Å²) in [6, 6.07) is 9.67. The normalized spacial score (nSPS) is 14.9. The van der Waals surface area contributed by atoms with Gasteiger partial charge in [0.1, 0.15) is 18.1 Å². The highest BCUT2D eigenvalue weighted by Gasteiger charge is 2.20. The van der Waals surface area contributed by atoms with Gasteiger partial charge in [0.25, 0.3) is 0 Å². The Morgan fingerprint density at radius 2 is 1.85 bits per heavy atom. The number of fused-ring (bicyclic) bond motifs is 3. The van der Waals surface area contributed by atoms with E-state index in [4.69, 9.17) is 14.4 Å². The van der Waals surface area contributed by atoms with Gasteiger partial charge in [-0.15, -0.1) is 20.4 Å². The van der Waals surface area contributed by atoms with Gasteiger partial charge in [-0.2, -0.15) is 4.52 Å². The predicted octanol–water partition coefficient (Wildman–Crippen LogP) is 2.93. The van der Waals surface area contributed by atoms with Crippen LogP contribution in [0.1, 0.15) is 36.4 Å². The molecule has 1 aromatic carbocycles. The first-order valence-electron chi connectivity index (χ1n) is 11.5. The molecule has 5 aromatic rings. The van der Waals surface area contributed by atoms with Gasteiger partial charge in [-0.1, -0.05) is 35.0 Å². The summed E-state index contributed by atoms with van der Waals surface area (Å²) in [7, 11) is 1.93. The highest BCUT2D eigenvalue weighted by molar-refractivity contribution is 5.96. The van der Waals surface area contributed by atoms with Crippen LogP contribution >= 0.6 is 0 Å². The van der Waals surface area contributed by atoms with Crippen molar-refractivity contribution < 1.29 is 9.26 Å². The van der Waals surface area contributed by atoms with Crippen molar-refractivity contribution in [2.75, 3.05) is 13.1 Å². The molecule has 0 radical (unpaired) electrons. The fourth-order valence-corrected chi connectivity index (χ4v) is 4.48. The number of hydrogen-bond acceptors (Lipinski definition) is 9. The molecule has 0 N–H and O–H groups in total. The lowest BCUT2D eigenvalue weighted by atomic mass is 10.1. The number of nitrogens with zero attached hydrogens (tertiary/aromatic N) is 9. The smallest absolute Gasteiger partial charge is 0.240 e. The second-order valence-corrected chi connectivity index (χ2v) is 8.66. The van der Waals surface area contributed by atoms with E-state index in [-0.39, 0.29) is 6.61 Å². The van der Waals surface area contributed by atoms with E-state index < -0.39 is 0 Å². The molecule has 5 heterocycles. The quantitative estimate of drug-likeness (QED) is 0.378. The Morgan fingerprint density at radius 1 is 1.03 bits per heavy atom. The zero-order valence-corrected chi connectivity index (χ0v) is 19.2. The molecule has 1 aliphatic heterocycles. The molecule has 1 aliphatic rings. The molecule has 4 aromatic heterocycles. The Balaban J connectivity index is 1.35. The molecule has 34 heavy (non-hydrogen) atoms. The van der Waals surface area contributed by atoms with Crippen LogP contribution in [-0.2, 0) is 20.2 Å². The zero-order valence-electron chi connectivity index (χ0n) is 19.2. The molecule has 1 saturated heterocycles. The fraction of sp³-hybridized carbons (Fsp3) is 0.391. The van der Waals surface area contributed by atoms with Crippen LogP contribution in [-0.4, -0.2) is 58.0 Å². The van der Waals surface area contributed by atoms with Crippen LogP contribution in [0.5, 0.6) is 5.88 Å². The zero-order chi connectivity index (χ0) is 23.1. The van der Waals surface area contributed by atoms with Gasteiger partial charge in [0.2, 0.25) is 11.7 Å². The third-order valence-corrected chi connectivity index (χ3v) is 6.28. The van der Waals surface area contributed by atoms with Crippen LogP contribution in [0.25, 0.3) is 27.9 Å².